The van der Waals surface area contributed by atoms with Crippen LogP contribution in [0.1, 0.15) is 58.8 Å². The van der Waals surface area contributed by atoms with E-state index in [2.05, 4.69) is 72.8 Å². The van der Waals surface area contributed by atoms with E-state index < -0.39 is 30.6 Å². The Bertz CT molecular complexity index is 714. The molecule has 0 N–H and O–H groups in total. The summed E-state index contributed by atoms with van der Waals surface area (Å²) in [5.74, 6) is 3.03. The summed E-state index contributed by atoms with van der Waals surface area (Å²) in [7, 11) is -6.32. The van der Waals surface area contributed by atoms with Gasteiger partial charge in [0.05, 0.1) is 12.3 Å². The molecule has 31 heavy (non-hydrogen) atoms. The highest BCUT2D eigenvalue weighted by Crippen LogP contribution is 2.70. The summed E-state index contributed by atoms with van der Waals surface area (Å²) in [6.07, 6.45) is 10.5. The summed E-state index contributed by atoms with van der Waals surface area (Å²) in [5, 5.41) is 0.221. The summed E-state index contributed by atoms with van der Waals surface area (Å²) >= 11 is 0. The molecule has 0 aromatic carbocycles. The van der Waals surface area contributed by atoms with Crippen molar-refractivity contribution in [2.24, 2.45) is 23.2 Å². The highest BCUT2D eigenvalue weighted by Gasteiger charge is 2.75. The van der Waals surface area contributed by atoms with Crippen LogP contribution in [-0.2, 0) is 4.43 Å². The Morgan fingerprint density at radius 3 is 1.48 bits per heavy atom. The second kappa shape index (κ2) is 7.28. The molecular weight excluding hydrogens is 441 g/mol. The first-order valence-corrected chi connectivity index (χ1v) is 27.9. The molecule has 0 radical (unpaired) electrons. The van der Waals surface area contributed by atoms with Gasteiger partial charge in [-0.1, -0.05) is 50.4 Å². The molecule has 5 rings (SSSR count). The molecule has 1 aliphatic heterocycles. The zero-order valence-corrected chi connectivity index (χ0v) is 26.8. The van der Waals surface area contributed by atoms with E-state index in [1.165, 1.54) is 31.7 Å². The quantitative estimate of drug-likeness (QED) is 0.277. The van der Waals surface area contributed by atoms with Gasteiger partial charge < -0.3 is 4.43 Å². The molecule has 0 aromatic rings. The normalized spacial score (nSPS) is 40.5. The maximum Gasteiger partial charge on any atom is 0.184 e. The van der Waals surface area contributed by atoms with E-state index >= 15 is 0 Å². The number of hydrogen-bond donors (Lipinski definition) is 0. The van der Waals surface area contributed by atoms with Gasteiger partial charge >= 0.3 is 0 Å². The van der Waals surface area contributed by atoms with Crippen molar-refractivity contribution in [3.05, 3.63) is 11.1 Å². The first-order chi connectivity index (χ1) is 14.0. The maximum absolute atomic E-state index is 7.97. The van der Waals surface area contributed by atoms with E-state index in [0.29, 0.717) is 5.41 Å². The van der Waals surface area contributed by atoms with Gasteiger partial charge in [0.15, 0.2) is 8.32 Å². The summed E-state index contributed by atoms with van der Waals surface area (Å²) in [6, 6.07) is 1.47. The van der Waals surface area contributed by atoms with Crippen LogP contribution in [0.2, 0.25) is 65.0 Å². The highest BCUT2D eigenvalue weighted by molar-refractivity contribution is 7.70. The Balaban J connectivity index is 2.05. The molecule has 0 aromatic heterocycles. The lowest BCUT2D eigenvalue weighted by atomic mass is 9.47. The standard InChI is InChI=1S/C26H52OSi4/c1-20-15-26(27-28(3,4)5,25-16-22-12-23(17-25)14-24(13-22)18-25)31(19-21(20)2,29(6,7)8)30(9,10)11/h22-24H,12-19H2,1-11H3. The smallest absolute Gasteiger partial charge is 0.184 e. The van der Waals surface area contributed by atoms with Crippen molar-refractivity contribution in [2.45, 2.75) is 129 Å². The molecule has 4 aliphatic carbocycles. The Labute approximate surface area is 197 Å². The highest BCUT2D eigenvalue weighted by atomic mass is 29.6. The van der Waals surface area contributed by atoms with Gasteiger partial charge in [-0.3, -0.25) is 0 Å². The molecule has 5 aliphatic rings. The maximum atomic E-state index is 7.97. The number of allylic oxidation sites excluding steroid dienone is 1. The minimum absolute atomic E-state index is 0.221. The van der Waals surface area contributed by atoms with Crippen molar-refractivity contribution in [1.82, 2.24) is 0 Å². The lowest BCUT2D eigenvalue weighted by Gasteiger charge is -2.74. The van der Waals surface area contributed by atoms with Crippen LogP contribution in [0.25, 0.3) is 0 Å². The van der Waals surface area contributed by atoms with Gasteiger partial charge in [0.25, 0.3) is 0 Å². The Hall–Kier alpha value is 0.568. The Morgan fingerprint density at radius 2 is 1.13 bits per heavy atom. The second-order valence-corrected chi connectivity index (χ2v) is 47.6. The van der Waals surface area contributed by atoms with Crippen molar-refractivity contribution < 1.29 is 4.43 Å². The lowest BCUT2D eigenvalue weighted by molar-refractivity contribution is -0.136. The van der Waals surface area contributed by atoms with Gasteiger partial charge in [0.1, 0.15) is 0 Å². The van der Waals surface area contributed by atoms with Crippen LogP contribution in [0.15, 0.2) is 11.1 Å². The molecule has 0 spiro atoms. The molecule has 178 valence electrons. The molecule has 4 bridgehead atoms. The van der Waals surface area contributed by atoms with Crippen molar-refractivity contribution in [2.75, 3.05) is 0 Å². The van der Waals surface area contributed by atoms with Gasteiger partial charge in [0, 0.05) is 15.2 Å². The van der Waals surface area contributed by atoms with E-state index in [9.17, 15) is 0 Å². The fraction of sp³-hybridized carbons (Fsp3) is 0.923. The van der Waals surface area contributed by atoms with Crippen molar-refractivity contribution in [3.8, 4) is 0 Å². The molecule has 0 amide bonds. The van der Waals surface area contributed by atoms with Crippen molar-refractivity contribution in [1.29, 1.82) is 0 Å². The minimum Gasteiger partial charge on any atom is -0.415 e. The minimum atomic E-state index is -1.73. The lowest BCUT2D eigenvalue weighted by Crippen LogP contribution is -2.89. The summed E-state index contributed by atoms with van der Waals surface area (Å²) < 4.78 is 7.97. The second-order valence-electron chi connectivity index (χ2n) is 15.6. The third-order valence-electron chi connectivity index (χ3n) is 10.4. The van der Waals surface area contributed by atoms with Crippen LogP contribution >= 0.6 is 0 Å². The predicted octanol–water partition coefficient (Wildman–Crippen LogP) is 8.35. The monoisotopic (exact) mass is 492 g/mol. The van der Waals surface area contributed by atoms with E-state index in [0.717, 1.165) is 17.8 Å². The average Bonchev–Trinajstić information content (AvgIpc) is 2.52. The largest absolute Gasteiger partial charge is 0.415 e. The zero-order chi connectivity index (χ0) is 23.3. The molecule has 5 heteroatoms. The number of rotatable bonds is 5. The van der Waals surface area contributed by atoms with Crippen LogP contribution < -0.4 is 0 Å². The molecule has 1 nitrogen and oxygen atoms in total. The third-order valence-corrected chi connectivity index (χ3v) is 52.3. The molecule has 4 saturated carbocycles. The van der Waals surface area contributed by atoms with Crippen LogP contribution in [0, 0.1) is 23.2 Å². The van der Waals surface area contributed by atoms with Crippen LogP contribution in [-0.4, -0.2) is 35.8 Å². The summed E-state index contributed by atoms with van der Waals surface area (Å²) in [6.45, 7) is 29.3. The molecule has 1 heterocycles. The first-order valence-electron chi connectivity index (χ1n) is 13.3. The fourth-order valence-electron chi connectivity index (χ4n) is 10.2. The Morgan fingerprint density at radius 1 is 0.710 bits per heavy atom. The van der Waals surface area contributed by atoms with Crippen LogP contribution in [0.5, 0.6) is 0 Å². The molecule has 4 fully saturated rings. The first kappa shape index (κ1) is 24.7. The summed E-state index contributed by atoms with van der Waals surface area (Å²) in [4.78, 5) is 0. The van der Waals surface area contributed by atoms with E-state index in [1.807, 2.05) is 0 Å². The average molecular weight is 493 g/mol. The predicted molar refractivity (Wildman–Crippen MR) is 148 cm³/mol. The van der Waals surface area contributed by atoms with Gasteiger partial charge in [-0.05, 0) is 108 Å². The molecular formula is C26H52OSi4. The molecule has 0 saturated heterocycles. The van der Waals surface area contributed by atoms with Crippen LogP contribution in [0.4, 0.5) is 0 Å². The van der Waals surface area contributed by atoms with Gasteiger partial charge in [-0.15, -0.1) is 0 Å². The van der Waals surface area contributed by atoms with Gasteiger partial charge in [0.2, 0.25) is 0 Å². The van der Waals surface area contributed by atoms with Gasteiger partial charge in [-0.25, -0.2) is 0 Å². The fourth-order valence-corrected chi connectivity index (χ4v) is 64.2. The molecule has 1 atom stereocenters. The topological polar surface area (TPSA) is 9.23 Å². The third kappa shape index (κ3) is 3.57. The Kier molecular flexibility index (Phi) is 5.80. The summed E-state index contributed by atoms with van der Waals surface area (Å²) in [5.41, 5.74) is 3.99. The zero-order valence-electron chi connectivity index (χ0n) is 22.8. The van der Waals surface area contributed by atoms with E-state index in [4.69, 9.17) is 4.43 Å². The van der Waals surface area contributed by atoms with Crippen molar-refractivity contribution >= 4 is 30.6 Å². The van der Waals surface area contributed by atoms with E-state index in [1.54, 1.807) is 30.4 Å². The van der Waals surface area contributed by atoms with Gasteiger partial charge in [-0.2, -0.15) is 0 Å². The number of hydrogen-bond acceptors (Lipinski definition) is 1. The van der Waals surface area contributed by atoms with E-state index in [-0.39, 0.29) is 5.22 Å². The van der Waals surface area contributed by atoms with Crippen molar-refractivity contribution in [3.63, 3.8) is 0 Å². The van der Waals surface area contributed by atoms with Crippen LogP contribution in [0.3, 0.4) is 0 Å². The molecule has 1 unspecified atom stereocenters. The SMILES string of the molecule is CC1=C(C)C[Si]([Si](C)(C)C)([Si](C)(C)C)C(O[Si](C)(C)C)(C23CC4CC(CC(C4)C2)C3)C1.